The van der Waals surface area contributed by atoms with Crippen LogP contribution in [0.2, 0.25) is 0 Å². The topological polar surface area (TPSA) is 21.3 Å². The van der Waals surface area contributed by atoms with Crippen molar-refractivity contribution in [2.24, 2.45) is 0 Å². The first-order valence-electron chi connectivity index (χ1n) is 6.13. The fraction of sp³-hybridized carbons (Fsp3) is 0.571. The monoisotopic (exact) mass is 221 g/mol. The number of hydrogen-bond acceptors (Lipinski definition) is 2. The molecule has 90 valence electrons. The highest BCUT2D eigenvalue weighted by Gasteiger charge is 2.07. The molecule has 0 aliphatic heterocycles. The molecule has 0 heterocycles. The third-order valence-corrected chi connectivity index (χ3v) is 2.66. The zero-order chi connectivity index (χ0) is 11.6. The van der Waals surface area contributed by atoms with Crippen molar-refractivity contribution in [3.63, 3.8) is 0 Å². The molecular weight excluding hydrogens is 198 g/mol. The van der Waals surface area contributed by atoms with E-state index in [0.717, 1.165) is 19.6 Å². The van der Waals surface area contributed by atoms with E-state index in [2.05, 4.69) is 42.6 Å². The summed E-state index contributed by atoms with van der Waals surface area (Å²) in [6.45, 7) is 4.07. The minimum absolute atomic E-state index is 0.430. The van der Waals surface area contributed by atoms with Gasteiger partial charge in [0.15, 0.2) is 0 Å². The second kappa shape index (κ2) is 8.31. The number of hydrogen-bond donors (Lipinski definition) is 1. The van der Waals surface area contributed by atoms with Crippen LogP contribution in [0.15, 0.2) is 30.3 Å². The summed E-state index contributed by atoms with van der Waals surface area (Å²) >= 11 is 0. The zero-order valence-corrected chi connectivity index (χ0v) is 10.4. The van der Waals surface area contributed by atoms with Crippen molar-refractivity contribution < 1.29 is 4.74 Å². The Balaban J connectivity index is 2.38. The van der Waals surface area contributed by atoms with Gasteiger partial charge >= 0.3 is 0 Å². The Morgan fingerprint density at radius 3 is 2.62 bits per heavy atom. The molecule has 0 saturated carbocycles. The SMILES string of the molecule is CCCCNC(COC)Cc1ccccc1. The molecule has 0 saturated heterocycles. The lowest BCUT2D eigenvalue weighted by Gasteiger charge is -2.17. The summed E-state index contributed by atoms with van der Waals surface area (Å²) in [4.78, 5) is 0. The lowest BCUT2D eigenvalue weighted by Crippen LogP contribution is -2.35. The van der Waals surface area contributed by atoms with Gasteiger partial charge in [-0.3, -0.25) is 0 Å². The molecule has 0 aliphatic carbocycles. The molecular formula is C14H23NO. The summed E-state index contributed by atoms with van der Waals surface area (Å²) in [6, 6.07) is 11.0. The van der Waals surface area contributed by atoms with Crippen molar-refractivity contribution >= 4 is 0 Å². The van der Waals surface area contributed by atoms with Crippen molar-refractivity contribution in [2.45, 2.75) is 32.2 Å². The third kappa shape index (κ3) is 5.29. The van der Waals surface area contributed by atoms with E-state index in [9.17, 15) is 0 Å². The molecule has 0 amide bonds. The molecule has 1 aromatic carbocycles. The lowest BCUT2D eigenvalue weighted by atomic mass is 10.1. The molecule has 1 atom stereocenters. The average Bonchev–Trinajstić information content (AvgIpc) is 2.31. The number of unbranched alkanes of at least 4 members (excludes halogenated alkanes) is 1. The fourth-order valence-corrected chi connectivity index (χ4v) is 1.77. The minimum atomic E-state index is 0.430. The van der Waals surface area contributed by atoms with Crippen LogP contribution in [-0.2, 0) is 11.2 Å². The Hall–Kier alpha value is -0.860. The number of methoxy groups -OCH3 is 1. The summed E-state index contributed by atoms with van der Waals surface area (Å²) in [5.41, 5.74) is 1.37. The Labute approximate surface area is 99.0 Å². The smallest absolute Gasteiger partial charge is 0.0619 e. The van der Waals surface area contributed by atoms with Gasteiger partial charge in [-0.25, -0.2) is 0 Å². The largest absolute Gasteiger partial charge is 0.383 e. The maximum absolute atomic E-state index is 5.24. The first kappa shape index (κ1) is 13.2. The van der Waals surface area contributed by atoms with Crippen molar-refractivity contribution in [1.82, 2.24) is 5.32 Å². The van der Waals surface area contributed by atoms with Gasteiger partial charge in [0.25, 0.3) is 0 Å². The molecule has 2 heteroatoms. The Morgan fingerprint density at radius 2 is 2.00 bits per heavy atom. The van der Waals surface area contributed by atoms with Gasteiger partial charge in [-0.15, -0.1) is 0 Å². The van der Waals surface area contributed by atoms with E-state index in [1.54, 1.807) is 7.11 Å². The highest BCUT2D eigenvalue weighted by molar-refractivity contribution is 5.15. The molecule has 1 unspecified atom stereocenters. The molecule has 1 aromatic rings. The highest BCUT2D eigenvalue weighted by atomic mass is 16.5. The minimum Gasteiger partial charge on any atom is -0.383 e. The molecule has 0 bridgehead atoms. The standard InChI is InChI=1S/C14H23NO/c1-3-4-10-15-14(12-16-2)11-13-8-6-5-7-9-13/h5-9,14-15H,3-4,10-12H2,1-2H3. The van der Waals surface area contributed by atoms with E-state index in [1.165, 1.54) is 18.4 Å². The number of nitrogens with one attached hydrogen (secondary N) is 1. The summed E-state index contributed by atoms with van der Waals surface area (Å²) < 4.78 is 5.24. The van der Waals surface area contributed by atoms with E-state index in [4.69, 9.17) is 4.74 Å². The lowest BCUT2D eigenvalue weighted by molar-refractivity contribution is 0.166. The molecule has 0 aromatic heterocycles. The summed E-state index contributed by atoms with van der Waals surface area (Å²) in [5, 5.41) is 3.55. The number of ether oxygens (including phenoxy) is 1. The van der Waals surface area contributed by atoms with Gasteiger partial charge in [0.05, 0.1) is 6.61 Å². The summed E-state index contributed by atoms with van der Waals surface area (Å²) in [5.74, 6) is 0. The van der Waals surface area contributed by atoms with E-state index < -0.39 is 0 Å². The van der Waals surface area contributed by atoms with Crippen LogP contribution in [0.5, 0.6) is 0 Å². The molecule has 0 spiro atoms. The van der Waals surface area contributed by atoms with Crippen LogP contribution in [0.3, 0.4) is 0 Å². The van der Waals surface area contributed by atoms with Crippen molar-refractivity contribution in [2.75, 3.05) is 20.3 Å². The first-order chi connectivity index (χ1) is 7.86. The van der Waals surface area contributed by atoms with Gasteiger partial charge in [-0.1, -0.05) is 43.7 Å². The highest BCUT2D eigenvalue weighted by Crippen LogP contribution is 2.03. The molecule has 2 nitrogen and oxygen atoms in total. The number of benzene rings is 1. The molecule has 16 heavy (non-hydrogen) atoms. The van der Waals surface area contributed by atoms with Gasteiger partial charge in [-0.2, -0.15) is 0 Å². The first-order valence-corrected chi connectivity index (χ1v) is 6.13. The van der Waals surface area contributed by atoms with Crippen LogP contribution in [0.1, 0.15) is 25.3 Å². The van der Waals surface area contributed by atoms with Crippen molar-refractivity contribution in [1.29, 1.82) is 0 Å². The van der Waals surface area contributed by atoms with Gasteiger partial charge in [0.2, 0.25) is 0 Å². The third-order valence-electron chi connectivity index (χ3n) is 2.66. The van der Waals surface area contributed by atoms with E-state index in [-0.39, 0.29) is 0 Å². The van der Waals surface area contributed by atoms with Crippen LogP contribution in [0, 0.1) is 0 Å². The van der Waals surface area contributed by atoms with Gasteiger partial charge in [-0.05, 0) is 24.9 Å². The van der Waals surface area contributed by atoms with E-state index >= 15 is 0 Å². The van der Waals surface area contributed by atoms with Crippen molar-refractivity contribution in [3.8, 4) is 0 Å². The quantitative estimate of drug-likeness (QED) is 0.681. The second-order valence-electron chi connectivity index (χ2n) is 4.15. The Kier molecular flexibility index (Phi) is 6.86. The van der Waals surface area contributed by atoms with Crippen LogP contribution in [0.25, 0.3) is 0 Å². The normalized spacial score (nSPS) is 12.6. The van der Waals surface area contributed by atoms with E-state index in [1.807, 2.05) is 0 Å². The second-order valence-corrected chi connectivity index (χ2v) is 4.15. The summed E-state index contributed by atoms with van der Waals surface area (Å²) in [6.07, 6.45) is 3.51. The number of rotatable bonds is 8. The fourth-order valence-electron chi connectivity index (χ4n) is 1.77. The van der Waals surface area contributed by atoms with E-state index in [0.29, 0.717) is 6.04 Å². The maximum atomic E-state index is 5.24. The molecule has 0 radical (unpaired) electrons. The van der Waals surface area contributed by atoms with Crippen LogP contribution < -0.4 is 5.32 Å². The van der Waals surface area contributed by atoms with Gasteiger partial charge < -0.3 is 10.1 Å². The van der Waals surface area contributed by atoms with Crippen molar-refractivity contribution in [3.05, 3.63) is 35.9 Å². The van der Waals surface area contributed by atoms with Crippen LogP contribution >= 0.6 is 0 Å². The van der Waals surface area contributed by atoms with Gasteiger partial charge in [0, 0.05) is 13.2 Å². The molecule has 0 fully saturated rings. The molecule has 0 aliphatic rings. The average molecular weight is 221 g/mol. The molecule has 1 N–H and O–H groups in total. The summed E-state index contributed by atoms with van der Waals surface area (Å²) in [7, 11) is 1.76. The molecule has 1 rings (SSSR count). The zero-order valence-electron chi connectivity index (χ0n) is 10.4. The predicted octanol–water partition coefficient (Wildman–Crippen LogP) is 2.63. The Bertz CT molecular complexity index is 261. The predicted molar refractivity (Wildman–Crippen MR) is 68.7 cm³/mol. The maximum Gasteiger partial charge on any atom is 0.0619 e. The van der Waals surface area contributed by atoms with Crippen LogP contribution in [-0.4, -0.2) is 26.3 Å². The van der Waals surface area contributed by atoms with Gasteiger partial charge in [0.1, 0.15) is 0 Å². The Morgan fingerprint density at radius 1 is 1.25 bits per heavy atom. The van der Waals surface area contributed by atoms with Crippen LogP contribution in [0.4, 0.5) is 0 Å².